The summed E-state index contributed by atoms with van der Waals surface area (Å²) in [5.74, 6) is 0. The van der Waals surface area contributed by atoms with Crippen molar-refractivity contribution >= 4 is 14.8 Å². The zero-order chi connectivity index (χ0) is 10.3. The van der Waals surface area contributed by atoms with E-state index >= 15 is 0 Å². The lowest BCUT2D eigenvalue weighted by molar-refractivity contribution is 0.939. The Hall–Kier alpha value is 0.0218. The minimum absolute atomic E-state index is 0.917. The Balaban J connectivity index is 3.41. The van der Waals surface area contributed by atoms with Crippen LogP contribution in [0.3, 0.4) is 0 Å². The highest BCUT2D eigenvalue weighted by molar-refractivity contribution is 6.80. The second-order valence-corrected chi connectivity index (χ2v) is 10.3. The van der Waals surface area contributed by atoms with Crippen LogP contribution in [-0.2, 0) is 0 Å². The van der Waals surface area contributed by atoms with Crippen LogP contribution in [0.4, 0.5) is 0 Å². The van der Waals surface area contributed by atoms with E-state index in [1.54, 1.807) is 0 Å². The van der Waals surface area contributed by atoms with E-state index in [1.165, 1.54) is 25.5 Å². The lowest BCUT2D eigenvalue weighted by atomic mass is 9.47. The molecule has 0 unspecified atom stereocenters. The van der Waals surface area contributed by atoms with Crippen molar-refractivity contribution in [2.45, 2.75) is 58.9 Å². The molecular weight excluding hydrogens is 171 g/mol. The summed E-state index contributed by atoms with van der Waals surface area (Å²) in [6.45, 7) is 12.7. The van der Waals surface area contributed by atoms with Crippen LogP contribution in [0.5, 0.6) is 0 Å². The van der Waals surface area contributed by atoms with Crippen LogP contribution in [0.25, 0.3) is 0 Å². The van der Waals surface area contributed by atoms with Gasteiger partial charge in [0.25, 0.3) is 0 Å². The fraction of sp³-hybridized carbons (Fsp3) is 0.818. The molecule has 0 atom stereocenters. The van der Waals surface area contributed by atoms with E-state index in [1.807, 2.05) is 0 Å². The number of allylic oxidation sites excluding steroid dienone is 1. The van der Waals surface area contributed by atoms with Gasteiger partial charge in [0.1, 0.15) is 6.71 Å². The van der Waals surface area contributed by atoms with Crippen LogP contribution in [0, 0.1) is 0 Å². The molecular formula is C11H25BSi. The summed E-state index contributed by atoms with van der Waals surface area (Å²) < 4.78 is 0. The highest BCUT2D eigenvalue weighted by Gasteiger charge is 2.06. The van der Waals surface area contributed by atoms with Crippen LogP contribution in [-0.4, -0.2) is 14.8 Å². The van der Waals surface area contributed by atoms with Gasteiger partial charge in [0, 0.05) is 0 Å². The fourth-order valence-corrected chi connectivity index (χ4v) is 2.10. The maximum Gasteiger partial charge on any atom is 0.136 e. The summed E-state index contributed by atoms with van der Waals surface area (Å²) in [7, 11) is -0.923. The first-order valence-corrected chi connectivity index (χ1v) is 9.21. The van der Waals surface area contributed by atoms with Crippen molar-refractivity contribution in [3.63, 3.8) is 0 Å². The van der Waals surface area contributed by atoms with Crippen molar-refractivity contribution in [3.05, 3.63) is 11.8 Å². The molecule has 0 N–H and O–H groups in total. The molecule has 0 fully saturated rings. The van der Waals surface area contributed by atoms with E-state index in [-0.39, 0.29) is 0 Å². The monoisotopic (exact) mass is 196 g/mol. The van der Waals surface area contributed by atoms with Gasteiger partial charge >= 0.3 is 0 Å². The van der Waals surface area contributed by atoms with E-state index in [0.29, 0.717) is 0 Å². The molecule has 0 aromatic rings. The van der Waals surface area contributed by atoms with Crippen molar-refractivity contribution < 1.29 is 0 Å². The van der Waals surface area contributed by atoms with Gasteiger partial charge in [-0.3, -0.25) is 0 Å². The topological polar surface area (TPSA) is 0 Å². The first-order chi connectivity index (χ1) is 5.95. The predicted octanol–water partition coefficient (Wildman–Crippen LogP) is 4.34. The van der Waals surface area contributed by atoms with Crippen molar-refractivity contribution in [1.29, 1.82) is 0 Å². The number of unbranched alkanes of at least 4 members (excludes halogenated alkanes) is 1. The molecule has 13 heavy (non-hydrogen) atoms. The van der Waals surface area contributed by atoms with Crippen molar-refractivity contribution in [1.82, 2.24) is 0 Å². The molecule has 0 spiro atoms. The van der Waals surface area contributed by atoms with Gasteiger partial charge in [-0.15, -0.1) is 0 Å². The van der Waals surface area contributed by atoms with Gasteiger partial charge in [-0.05, 0) is 6.42 Å². The zero-order valence-electron chi connectivity index (χ0n) is 10.1. The van der Waals surface area contributed by atoms with E-state index in [0.717, 1.165) is 6.71 Å². The maximum absolute atomic E-state index is 2.46. The summed E-state index contributed by atoms with van der Waals surface area (Å²) in [6, 6.07) is 0. The standard InChI is InChI=1S/C11H25BSi/c1-6-12(2)10-8-7-9-11-13(3,4)5/h9,11H,6-8,10H2,1-5H3/b11-9+. The largest absolute Gasteiger partial charge is 0.136 e. The lowest BCUT2D eigenvalue weighted by Crippen LogP contribution is -2.15. The Bertz CT molecular complexity index is 147. The fourth-order valence-electron chi connectivity index (χ4n) is 1.23. The molecule has 0 radical (unpaired) electrons. The van der Waals surface area contributed by atoms with Gasteiger partial charge in [-0.25, -0.2) is 0 Å². The van der Waals surface area contributed by atoms with Crippen LogP contribution >= 0.6 is 0 Å². The van der Waals surface area contributed by atoms with E-state index in [4.69, 9.17) is 0 Å². The van der Waals surface area contributed by atoms with Crippen LogP contribution < -0.4 is 0 Å². The van der Waals surface area contributed by atoms with Crippen molar-refractivity contribution in [2.75, 3.05) is 0 Å². The molecule has 0 heterocycles. The molecule has 0 aromatic carbocycles. The van der Waals surface area contributed by atoms with E-state index in [9.17, 15) is 0 Å². The molecule has 0 aliphatic rings. The molecule has 0 nitrogen and oxygen atoms in total. The Labute approximate surface area is 85.9 Å². The second-order valence-electron chi connectivity index (χ2n) is 5.21. The van der Waals surface area contributed by atoms with Gasteiger partial charge < -0.3 is 0 Å². The number of hydrogen-bond acceptors (Lipinski definition) is 0. The number of rotatable bonds is 6. The molecule has 0 aliphatic carbocycles. The highest BCUT2D eigenvalue weighted by atomic mass is 28.3. The van der Waals surface area contributed by atoms with Crippen molar-refractivity contribution in [2.24, 2.45) is 0 Å². The molecule has 0 saturated carbocycles. The van der Waals surface area contributed by atoms with E-state index < -0.39 is 8.07 Å². The average molecular weight is 196 g/mol. The highest BCUT2D eigenvalue weighted by Crippen LogP contribution is 2.08. The lowest BCUT2D eigenvalue weighted by Gasteiger charge is -2.08. The summed E-state index contributed by atoms with van der Waals surface area (Å²) in [5, 5.41) is 0. The molecule has 0 amide bonds. The summed E-state index contributed by atoms with van der Waals surface area (Å²) in [6.07, 6.45) is 7.78. The van der Waals surface area contributed by atoms with Gasteiger partial charge in [-0.2, -0.15) is 0 Å². The molecule has 2 heteroatoms. The molecule has 0 aliphatic heterocycles. The third-order valence-electron chi connectivity index (χ3n) is 2.38. The Kier molecular flexibility index (Phi) is 6.48. The molecule has 76 valence electrons. The molecule has 0 saturated heterocycles. The second kappa shape index (κ2) is 6.47. The first kappa shape index (κ1) is 13.0. The van der Waals surface area contributed by atoms with Crippen LogP contribution in [0.2, 0.25) is 39.1 Å². The summed E-state index contributed by atoms with van der Waals surface area (Å²) in [4.78, 5) is 0. The quantitative estimate of drug-likeness (QED) is 0.437. The SMILES string of the molecule is CCB(C)CCC/C=C/[Si](C)(C)C. The normalized spacial score (nSPS) is 12.4. The van der Waals surface area contributed by atoms with Gasteiger partial charge in [0.15, 0.2) is 0 Å². The third-order valence-corrected chi connectivity index (χ3v) is 3.62. The van der Waals surface area contributed by atoms with Gasteiger partial charge in [-0.1, -0.05) is 64.2 Å². The molecule has 0 rings (SSSR count). The van der Waals surface area contributed by atoms with E-state index in [2.05, 4.69) is 45.2 Å². The van der Waals surface area contributed by atoms with Gasteiger partial charge in [0.05, 0.1) is 8.07 Å². The summed E-state index contributed by atoms with van der Waals surface area (Å²) in [5.41, 5.74) is 2.46. The smallest absolute Gasteiger partial charge is 0.0989 e. The van der Waals surface area contributed by atoms with Gasteiger partial charge in [0.2, 0.25) is 0 Å². The first-order valence-electron chi connectivity index (χ1n) is 5.63. The zero-order valence-corrected chi connectivity index (χ0v) is 11.1. The van der Waals surface area contributed by atoms with Crippen molar-refractivity contribution in [3.8, 4) is 0 Å². The van der Waals surface area contributed by atoms with Crippen LogP contribution in [0.15, 0.2) is 11.8 Å². The summed E-state index contributed by atoms with van der Waals surface area (Å²) >= 11 is 0. The predicted molar refractivity (Wildman–Crippen MR) is 68.6 cm³/mol. The Morgan fingerprint density at radius 3 is 2.31 bits per heavy atom. The molecule has 0 bridgehead atoms. The minimum Gasteiger partial charge on any atom is -0.0989 e. The minimum atomic E-state index is -0.923. The van der Waals surface area contributed by atoms with Crippen LogP contribution in [0.1, 0.15) is 19.8 Å². The molecule has 0 aromatic heterocycles. The maximum atomic E-state index is 2.46. The third kappa shape index (κ3) is 9.94. The Morgan fingerprint density at radius 2 is 1.85 bits per heavy atom. The average Bonchev–Trinajstić information content (AvgIpc) is 2.01. The number of hydrogen-bond donors (Lipinski definition) is 0. The Morgan fingerprint density at radius 1 is 1.23 bits per heavy atom.